The lowest BCUT2D eigenvalue weighted by Crippen LogP contribution is -2.42. The molecule has 19 heavy (non-hydrogen) atoms. The standard InChI is InChI=1S/C12H12ClN3O2S/c1-12(2,10(17)15-11-16-14-7-19-11)18-9-5-3-8(13)4-6-9/h3-7H,1-2H3,(H,15,16,17). The first-order valence-electron chi connectivity index (χ1n) is 5.49. The van der Waals surface area contributed by atoms with Gasteiger partial charge >= 0.3 is 0 Å². The van der Waals surface area contributed by atoms with E-state index in [0.717, 1.165) is 0 Å². The molecule has 1 amide bonds. The zero-order valence-corrected chi connectivity index (χ0v) is 12.0. The zero-order chi connectivity index (χ0) is 13.9. The topological polar surface area (TPSA) is 64.1 Å². The normalized spacial score (nSPS) is 11.1. The van der Waals surface area contributed by atoms with Crippen molar-refractivity contribution in [1.82, 2.24) is 10.2 Å². The molecule has 0 spiro atoms. The second-order valence-electron chi connectivity index (χ2n) is 4.26. The number of rotatable bonds is 4. The minimum atomic E-state index is -1.03. The number of aromatic nitrogens is 2. The molecule has 0 aliphatic heterocycles. The van der Waals surface area contributed by atoms with Crippen LogP contribution >= 0.6 is 22.9 Å². The third-order valence-electron chi connectivity index (χ3n) is 2.31. The molecule has 1 heterocycles. The third-order valence-corrected chi connectivity index (χ3v) is 3.17. The van der Waals surface area contributed by atoms with E-state index >= 15 is 0 Å². The van der Waals surface area contributed by atoms with E-state index < -0.39 is 5.60 Å². The van der Waals surface area contributed by atoms with Gasteiger partial charge in [0.2, 0.25) is 5.13 Å². The lowest BCUT2D eigenvalue weighted by Gasteiger charge is -2.24. The van der Waals surface area contributed by atoms with Gasteiger partial charge < -0.3 is 4.74 Å². The molecule has 0 saturated carbocycles. The smallest absolute Gasteiger partial charge is 0.269 e. The minimum Gasteiger partial charge on any atom is -0.478 e. The molecule has 0 fully saturated rings. The number of hydrogen-bond acceptors (Lipinski definition) is 5. The number of ether oxygens (including phenoxy) is 1. The summed E-state index contributed by atoms with van der Waals surface area (Å²) in [4.78, 5) is 12.1. The molecule has 0 saturated heterocycles. The van der Waals surface area contributed by atoms with Crippen LogP contribution in [-0.2, 0) is 4.79 Å². The first kappa shape index (κ1) is 13.8. The summed E-state index contributed by atoms with van der Waals surface area (Å²) < 4.78 is 5.65. The van der Waals surface area contributed by atoms with E-state index in [1.165, 1.54) is 11.3 Å². The Labute approximate surface area is 119 Å². The number of anilines is 1. The Morgan fingerprint density at radius 2 is 2.05 bits per heavy atom. The summed E-state index contributed by atoms with van der Waals surface area (Å²) >= 11 is 7.04. The zero-order valence-electron chi connectivity index (χ0n) is 10.4. The molecule has 2 aromatic rings. The number of halogens is 1. The van der Waals surface area contributed by atoms with Gasteiger partial charge in [-0.3, -0.25) is 10.1 Å². The first-order valence-corrected chi connectivity index (χ1v) is 6.75. The Bertz CT molecular complexity index is 555. The van der Waals surface area contributed by atoms with Crippen molar-refractivity contribution < 1.29 is 9.53 Å². The molecule has 1 aromatic heterocycles. The Morgan fingerprint density at radius 3 is 2.63 bits per heavy atom. The molecular formula is C12H12ClN3O2S. The lowest BCUT2D eigenvalue weighted by molar-refractivity contribution is -0.128. The number of nitrogens with one attached hydrogen (secondary N) is 1. The van der Waals surface area contributed by atoms with Crippen molar-refractivity contribution in [3.8, 4) is 5.75 Å². The van der Waals surface area contributed by atoms with Gasteiger partial charge in [0.25, 0.3) is 5.91 Å². The van der Waals surface area contributed by atoms with Crippen LogP contribution in [0.3, 0.4) is 0 Å². The molecule has 100 valence electrons. The fourth-order valence-corrected chi connectivity index (χ4v) is 1.88. The molecule has 5 nitrogen and oxygen atoms in total. The van der Waals surface area contributed by atoms with Gasteiger partial charge in [0, 0.05) is 5.02 Å². The second kappa shape index (κ2) is 5.54. The third kappa shape index (κ3) is 3.65. The molecular weight excluding hydrogens is 286 g/mol. The van der Waals surface area contributed by atoms with E-state index in [1.54, 1.807) is 43.6 Å². The van der Waals surface area contributed by atoms with Crippen molar-refractivity contribution in [3.05, 3.63) is 34.8 Å². The van der Waals surface area contributed by atoms with E-state index in [0.29, 0.717) is 15.9 Å². The van der Waals surface area contributed by atoms with Crippen LogP contribution in [0.25, 0.3) is 0 Å². The molecule has 0 bridgehead atoms. The van der Waals surface area contributed by atoms with Gasteiger partial charge in [-0.1, -0.05) is 22.9 Å². The highest BCUT2D eigenvalue weighted by Gasteiger charge is 2.30. The van der Waals surface area contributed by atoms with Crippen LogP contribution < -0.4 is 10.1 Å². The van der Waals surface area contributed by atoms with Crippen LogP contribution in [0.5, 0.6) is 5.75 Å². The van der Waals surface area contributed by atoms with Gasteiger partial charge in [-0.05, 0) is 38.1 Å². The lowest BCUT2D eigenvalue weighted by atomic mass is 10.1. The Morgan fingerprint density at radius 1 is 1.37 bits per heavy atom. The second-order valence-corrected chi connectivity index (χ2v) is 5.53. The quantitative estimate of drug-likeness (QED) is 0.942. The van der Waals surface area contributed by atoms with Crippen molar-refractivity contribution in [2.24, 2.45) is 0 Å². The van der Waals surface area contributed by atoms with Crippen LogP contribution in [-0.4, -0.2) is 21.7 Å². The van der Waals surface area contributed by atoms with Crippen LogP contribution in [0, 0.1) is 0 Å². The van der Waals surface area contributed by atoms with Gasteiger partial charge in [0.1, 0.15) is 11.3 Å². The van der Waals surface area contributed by atoms with E-state index in [2.05, 4.69) is 15.5 Å². The number of carbonyl (C=O) groups is 1. The summed E-state index contributed by atoms with van der Waals surface area (Å²) in [6.45, 7) is 3.36. The van der Waals surface area contributed by atoms with Gasteiger partial charge in [-0.15, -0.1) is 10.2 Å². The highest BCUT2D eigenvalue weighted by atomic mass is 35.5. The molecule has 7 heteroatoms. The van der Waals surface area contributed by atoms with Crippen molar-refractivity contribution >= 4 is 34.0 Å². The van der Waals surface area contributed by atoms with Crippen LogP contribution in [0.2, 0.25) is 5.02 Å². The number of carbonyl (C=O) groups excluding carboxylic acids is 1. The van der Waals surface area contributed by atoms with E-state index in [-0.39, 0.29) is 5.91 Å². The number of benzene rings is 1. The van der Waals surface area contributed by atoms with E-state index in [1.807, 2.05) is 0 Å². The van der Waals surface area contributed by atoms with Crippen molar-refractivity contribution in [2.45, 2.75) is 19.4 Å². The molecule has 0 radical (unpaired) electrons. The largest absolute Gasteiger partial charge is 0.478 e. The fraction of sp³-hybridized carbons (Fsp3) is 0.250. The highest BCUT2D eigenvalue weighted by molar-refractivity contribution is 7.13. The van der Waals surface area contributed by atoms with Crippen molar-refractivity contribution in [2.75, 3.05) is 5.32 Å². The van der Waals surface area contributed by atoms with Gasteiger partial charge in [-0.25, -0.2) is 0 Å². The Kier molecular flexibility index (Phi) is 4.01. The van der Waals surface area contributed by atoms with E-state index in [4.69, 9.17) is 16.3 Å². The summed E-state index contributed by atoms with van der Waals surface area (Å²) in [5.41, 5.74) is 0.516. The van der Waals surface area contributed by atoms with Crippen LogP contribution in [0.4, 0.5) is 5.13 Å². The summed E-state index contributed by atoms with van der Waals surface area (Å²) in [6.07, 6.45) is 0. The maximum absolute atomic E-state index is 12.1. The molecule has 1 aromatic carbocycles. The van der Waals surface area contributed by atoms with Crippen LogP contribution in [0.1, 0.15) is 13.8 Å². The average Bonchev–Trinajstić information content (AvgIpc) is 2.84. The fourth-order valence-electron chi connectivity index (χ4n) is 1.32. The maximum atomic E-state index is 12.1. The predicted molar refractivity (Wildman–Crippen MR) is 74.7 cm³/mol. The van der Waals surface area contributed by atoms with Crippen molar-refractivity contribution in [3.63, 3.8) is 0 Å². The number of hydrogen-bond donors (Lipinski definition) is 1. The average molecular weight is 298 g/mol. The Balaban J connectivity index is 2.04. The molecule has 2 rings (SSSR count). The summed E-state index contributed by atoms with van der Waals surface area (Å²) in [6, 6.07) is 6.83. The number of nitrogens with zero attached hydrogens (tertiary/aromatic N) is 2. The maximum Gasteiger partial charge on any atom is 0.269 e. The molecule has 0 unspecified atom stereocenters. The first-order chi connectivity index (χ1) is 8.97. The van der Waals surface area contributed by atoms with Crippen molar-refractivity contribution in [1.29, 1.82) is 0 Å². The summed E-state index contributed by atoms with van der Waals surface area (Å²) in [5, 5.41) is 11.1. The SMILES string of the molecule is CC(C)(Oc1ccc(Cl)cc1)C(=O)Nc1nncs1. The molecule has 0 atom stereocenters. The molecule has 1 N–H and O–H groups in total. The van der Waals surface area contributed by atoms with Gasteiger partial charge in [-0.2, -0.15) is 0 Å². The van der Waals surface area contributed by atoms with Gasteiger partial charge in [0.15, 0.2) is 5.60 Å². The summed E-state index contributed by atoms with van der Waals surface area (Å²) in [5.74, 6) is 0.279. The molecule has 0 aliphatic carbocycles. The minimum absolute atomic E-state index is 0.292. The highest BCUT2D eigenvalue weighted by Crippen LogP contribution is 2.22. The number of amides is 1. The predicted octanol–water partition coefficient (Wildman–Crippen LogP) is 2.99. The molecule has 0 aliphatic rings. The van der Waals surface area contributed by atoms with Gasteiger partial charge in [0.05, 0.1) is 0 Å². The Hall–Kier alpha value is -1.66. The van der Waals surface area contributed by atoms with Crippen LogP contribution in [0.15, 0.2) is 29.8 Å². The monoisotopic (exact) mass is 297 g/mol. The summed E-state index contributed by atoms with van der Waals surface area (Å²) in [7, 11) is 0. The van der Waals surface area contributed by atoms with E-state index in [9.17, 15) is 4.79 Å².